The third kappa shape index (κ3) is 3.68. The Balaban J connectivity index is 1.47. The van der Waals surface area contributed by atoms with Crippen molar-refractivity contribution >= 4 is 11.8 Å². The zero-order valence-corrected chi connectivity index (χ0v) is 15.1. The molecule has 2 atom stereocenters. The van der Waals surface area contributed by atoms with Crippen molar-refractivity contribution in [2.24, 2.45) is 5.73 Å². The fourth-order valence-electron chi connectivity index (χ4n) is 3.51. The molecule has 1 aromatic carbocycles. The summed E-state index contributed by atoms with van der Waals surface area (Å²) in [4.78, 5) is 27.4. The van der Waals surface area contributed by atoms with E-state index in [9.17, 15) is 14.0 Å². The van der Waals surface area contributed by atoms with Crippen molar-refractivity contribution in [3.63, 3.8) is 0 Å². The molecule has 7 nitrogen and oxygen atoms in total. The lowest BCUT2D eigenvalue weighted by molar-refractivity contribution is -0.130. The first-order valence-corrected chi connectivity index (χ1v) is 9.15. The quantitative estimate of drug-likeness (QED) is 0.813. The molecule has 146 valence electrons. The van der Waals surface area contributed by atoms with Gasteiger partial charge in [0.05, 0.1) is 12.1 Å². The van der Waals surface area contributed by atoms with E-state index in [1.54, 1.807) is 12.3 Å². The van der Waals surface area contributed by atoms with Gasteiger partial charge in [-0.2, -0.15) is 0 Å². The van der Waals surface area contributed by atoms with Crippen molar-refractivity contribution in [2.75, 3.05) is 13.2 Å². The van der Waals surface area contributed by atoms with Crippen LogP contribution in [0.5, 0.6) is 5.75 Å². The van der Waals surface area contributed by atoms with E-state index >= 15 is 0 Å². The van der Waals surface area contributed by atoms with Gasteiger partial charge in [-0.1, -0.05) is 0 Å². The number of pyridine rings is 1. The molecule has 1 fully saturated rings. The molecule has 0 saturated carbocycles. The molecule has 2 unspecified atom stereocenters. The number of carbonyl (C=O) groups excluding carboxylic acids is 2. The molecule has 1 saturated heterocycles. The smallest absolute Gasteiger partial charge is 0.250 e. The number of aromatic nitrogens is 1. The molecule has 0 bridgehead atoms. The number of fused-ring (bicyclic) bond motifs is 1. The molecule has 4 rings (SSSR count). The molecular formula is C20H20FN3O4. The maximum absolute atomic E-state index is 14.6. The average molecular weight is 385 g/mol. The van der Waals surface area contributed by atoms with Crippen LogP contribution in [0.2, 0.25) is 0 Å². The maximum atomic E-state index is 14.6. The van der Waals surface area contributed by atoms with E-state index in [1.807, 2.05) is 6.07 Å². The number of nitrogens with one attached hydrogen (secondary N) is 1. The molecule has 1 aromatic heterocycles. The summed E-state index contributed by atoms with van der Waals surface area (Å²) in [6, 6.07) is 4.72. The van der Waals surface area contributed by atoms with E-state index in [0.717, 1.165) is 6.42 Å². The second-order valence-electron chi connectivity index (χ2n) is 6.96. The van der Waals surface area contributed by atoms with Crippen LogP contribution in [0.15, 0.2) is 30.6 Å². The standard InChI is InChI=1S/C20H20FN3O4/c21-16-7-11(13-5-14(19(22)25)9-23-8-13)4-12-6-15(28-18(12)16)10-24-20(26)17-2-1-3-27-17/h4-5,7-9,15,17H,1-3,6,10H2,(H2,22,25)(H,24,26). The Morgan fingerprint density at radius 3 is 2.86 bits per heavy atom. The van der Waals surface area contributed by atoms with Crippen LogP contribution in [0.1, 0.15) is 28.8 Å². The number of hydrogen-bond donors (Lipinski definition) is 2. The second kappa shape index (κ2) is 7.55. The monoisotopic (exact) mass is 385 g/mol. The van der Waals surface area contributed by atoms with Gasteiger partial charge in [-0.25, -0.2) is 4.39 Å². The van der Waals surface area contributed by atoms with Gasteiger partial charge in [-0.3, -0.25) is 14.6 Å². The number of benzene rings is 1. The summed E-state index contributed by atoms with van der Waals surface area (Å²) in [6.45, 7) is 0.879. The van der Waals surface area contributed by atoms with Gasteiger partial charge in [0.1, 0.15) is 12.2 Å². The van der Waals surface area contributed by atoms with Crippen molar-refractivity contribution in [3.8, 4) is 16.9 Å². The second-order valence-corrected chi connectivity index (χ2v) is 6.96. The van der Waals surface area contributed by atoms with E-state index in [1.165, 1.54) is 12.3 Å². The summed E-state index contributed by atoms with van der Waals surface area (Å²) >= 11 is 0. The van der Waals surface area contributed by atoms with Gasteiger partial charge in [-0.05, 0) is 36.6 Å². The highest BCUT2D eigenvalue weighted by molar-refractivity contribution is 5.93. The minimum atomic E-state index is -0.596. The summed E-state index contributed by atoms with van der Waals surface area (Å²) in [5.74, 6) is -1.06. The third-order valence-corrected chi connectivity index (χ3v) is 4.93. The fraction of sp³-hybridized carbons (Fsp3) is 0.350. The molecule has 2 amide bonds. The zero-order chi connectivity index (χ0) is 19.7. The Morgan fingerprint density at radius 1 is 1.25 bits per heavy atom. The van der Waals surface area contributed by atoms with Crippen LogP contribution < -0.4 is 15.8 Å². The van der Waals surface area contributed by atoms with Gasteiger partial charge in [0.25, 0.3) is 0 Å². The van der Waals surface area contributed by atoms with Crippen LogP contribution in [0.25, 0.3) is 11.1 Å². The van der Waals surface area contributed by atoms with Gasteiger partial charge in [0.15, 0.2) is 11.6 Å². The number of nitrogens with zero attached hydrogens (tertiary/aromatic N) is 1. The Kier molecular flexibility index (Phi) is 4.95. The Labute approximate surface area is 161 Å². The van der Waals surface area contributed by atoms with Crippen molar-refractivity contribution in [1.82, 2.24) is 10.3 Å². The lowest BCUT2D eigenvalue weighted by Crippen LogP contribution is -2.40. The number of rotatable bonds is 5. The highest BCUT2D eigenvalue weighted by Crippen LogP contribution is 2.35. The largest absolute Gasteiger partial charge is 0.485 e. The molecule has 0 spiro atoms. The number of nitrogens with two attached hydrogens (primary N) is 1. The van der Waals surface area contributed by atoms with Crippen LogP contribution >= 0.6 is 0 Å². The molecule has 0 radical (unpaired) electrons. The number of amides is 2. The normalized spacial score (nSPS) is 20.5. The van der Waals surface area contributed by atoms with E-state index in [0.29, 0.717) is 36.1 Å². The Bertz CT molecular complexity index is 928. The summed E-state index contributed by atoms with van der Waals surface area (Å²) < 4.78 is 25.6. The maximum Gasteiger partial charge on any atom is 0.250 e. The molecule has 0 aliphatic carbocycles. The van der Waals surface area contributed by atoms with Gasteiger partial charge >= 0.3 is 0 Å². The summed E-state index contributed by atoms with van der Waals surface area (Å²) in [5.41, 5.74) is 7.42. The van der Waals surface area contributed by atoms with E-state index in [2.05, 4.69) is 10.3 Å². The topological polar surface area (TPSA) is 104 Å². The minimum Gasteiger partial charge on any atom is -0.485 e. The first-order chi connectivity index (χ1) is 13.5. The molecular weight excluding hydrogens is 365 g/mol. The molecule has 2 aliphatic heterocycles. The third-order valence-electron chi connectivity index (χ3n) is 4.93. The predicted molar refractivity (Wildman–Crippen MR) is 98.3 cm³/mol. The van der Waals surface area contributed by atoms with Crippen molar-refractivity contribution < 1.29 is 23.5 Å². The highest BCUT2D eigenvalue weighted by atomic mass is 19.1. The fourth-order valence-corrected chi connectivity index (χ4v) is 3.51. The molecule has 2 aliphatic rings. The van der Waals surface area contributed by atoms with E-state index < -0.39 is 17.8 Å². The van der Waals surface area contributed by atoms with Crippen LogP contribution in [0.3, 0.4) is 0 Å². The SMILES string of the molecule is NC(=O)c1cncc(-c2cc(F)c3c(c2)CC(CNC(=O)C2CCCO2)O3)c1. The summed E-state index contributed by atoms with van der Waals surface area (Å²) in [5, 5.41) is 2.81. The zero-order valence-electron chi connectivity index (χ0n) is 15.1. The minimum absolute atomic E-state index is 0.160. The lowest BCUT2D eigenvalue weighted by Gasteiger charge is -2.14. The number of hydrogen-bond acceptors (Lipinski definition) is 5. The highest BCUT2D eigenvalue weighted by Gasteiger charge is 2.29. The van der Waals surface area contributed by atoms with Crippen LogP contribution in [-0.2, 0) is 16.0 Å². The van der Waals surface area contributed by atoms with Crippen molar-refractivity contribution in [3.05, 3.63) is 47.5 Å². The van der Waals surface area contributed by atoms with Crippen LogP contribution in [-0.4, -0.2) is 42.2 Å². The van der Waals surface area contributed by atoms with Crippen LogP contribution in [0.4, 0.5) is 4.39 Å². The van der Waals surface area contributed by atoms with Gasteiger partial charge in [-0.15, -0.1) is 0 Å². The first kappa shape index (κ1) is 18.4. The molecule has 3 heterocycles. The predicted octanol–water partition coefficient (Wildman–Crippen LogP) is 1.59. The van der Waals surface area contributed by atoms with Crippen molar-refractivity contribution in [1.29, 1.82) is 0 Å². The average Bonchev–Trinajstić information content (AvgIpc) is 3.36. The van der Waals surface area contributed by atoms with Gasteiger partial charge < -0.3 is 20.5 Å². The lowest BCUT2D eigenvalue weighted by atomic mass is 10.0. The number of primary amides is 1. The van der Waals surface area contributed by atoms with Crippen LogP contribution in [0, 0.1) is 5.82 Å². The Hall–Kier alpha value is -3.00. The molecule has 28 heavy (non-hydrogen) atoms. The Morgan fingerprint density at radius 2 is 2.11 bits per heavy atom. The summed E-state index contributed by atoms with van der Waals surface area (Å²) in [7, 11) is 0. The van der Waals surface area contributed by atoms with Gasteiger partial charge in [0.2, 0.25) is 11.8 Å². The summed E-state index contributed by atoms with van der Waals surface area (Å²) in [6.07, 6.45) is 4.22. The van der Waals surface area contributed by atoms with E-state index in [4.69, 9.17) is 15.2 Å². The molecule has 2 aromatic rings. The van der Waals surface area contributed by atoms with E-state index in [-0.39, 0.29) is 29.9 Å². The number of carbonyl (C=O) groups is 2. The molecule has 8 heteroatoms. The number of halogens is 1. The first-order valence-electron chi connectivity index (χ1n) is 9.15. The number of ether oxygens (including phenoxy) is 2. The molecule has 3 N–H and O–H groups in total. The van der Waals surface area contributed by atoms with Gasteiger partial charge in [0, 0.05) is 36.5 Å². The van der Waals surface area contributed by atoms with Crippen molar-refractivity contribution in [2.45, 2.75) is 31.5 Å².